The van der Waals surface area contributed by atoms with Gasteiger partial charge in [0, 0.05) is 32.0 Å². The Kier molecular flexibility index (Phi) is 6.12. The molecule has 0 bridgehead atoms. The van der Waals surface area contributed by atoms with Gasteiger partial charge in [0.25, 0.3) is 0 Å². The van der Waals surface area contributed by atoms with E-state index in [0.717, 1.165) is 19.5 Å². The summed E-state index contributed by atoms with van der Waals surface area (Å²) in [5.41, 5.74) is 1.56. The number of carbonyl (C=O) groups excluding carboxylic acids is 2. The number of hydrogen-bond donors (Lipinski definition) is 2. The minimum Gasteiger partial charge on any atom is -0.356 e. The zero-order valence-electron chi connectivity index (χ0n) is 15.1. The third kappa shape index (κ3) is 4.61. The van der Waals surface area contributed by atoms with Crippen LogP contribution in [0.1, 0.15) is 51.0 Å². The van der Waals surface area contributed by atoms with Crippen LogP contribution < -0.4 is 10.6 Å². The lowest BCUT2D eigenvalue weighted by Gasteiger charge is -2.29. The molecule has 1 aromatic heterocycles. The number of thiophene rings is 1. The van der Waals surface area contributed by atoms with Gasteiger partial charge in [-0.2, -0.15) is 11.3 Å². The van der Waals surface area contributed by atoms with E-state index in [4.69, 9.17) is 0 Å². The standard InChI is InChI=1S/C19H29N3O2S/c1-2-21-17(23)4-3-5-18(24)22(13-15-6-11-25-14-15)16-12-19(16)7-9-20-10-8-19/h6,11,14,16,20H,2-5,7-10,12-13H2,1H3,(H,21,23). The average molecular weight is 364 g/mol. The summed E-state index contributed by atoms with van der Waals surface area (Å²) in [6.45, 7) is 5.40. The molecule has 1 aliphatic carbocycles. The van der Waals surface area contributed by atoms with E-state index >= 15 is 0 Å². The molecule has 0 aromatic carbocycles. The molecule has 1 saturated heterocycles. The molecule has 138 valence electrons. The van der Waals surface area contributed by atoms with Crippen LogP contribution in [0.5, 0.6) is 0 Å². The van der Waals surface area contributed by atoms with E-state index < -0.39 is 0 Å². The second kappa shape index (κ2) is 8.32. The van der Waals surface area contributed by atoms with Gasteiger partial charge in [-0.1, -0.05) is 0 Å². The van der Waals surface area contributed by atoms with Crippen molar-refractivity contribution in [3.05, 3.63) is 22.4 Å². The maximum Gasteiger partial charge on any atom is 0.223 e. The predicted octanol–water partition coefficient (Wildman–Crippen LogP) is 2.53. The smallest absolute Gasteiger partial charge is 0.223 e. The molecular formula is C19H29N3O2S. The molecule has 2 fully saturated rings. The first kappa shape index (κ1) is 18.4. The van der Waals surface area contributed by atoms with Crippen LogP contribution in [0.3, 0.4) is 0 Å². The third-order valence-electron chi connectivity index (χ3n) is 5.54. The van der Waals surface area contributed by atoms with Gasteiger partial charge in [0.1, 0.15) is 0 Å². The average Bonchev–Trinajstić information content (AvgIpc) is 3.04. The van der Waals surface area contributed by atoms with Crippen molar-refractivity contribution in [2.45, 2.75) is 58.0 Å². The molecule has 1 aliphatic heterocycles. The monoisotopic (exact) mass is 363 g/mol. The quantitative estimate of drug-likeness (QED) is 0.746. The van der Waals surface area contributed by atoms with Crippen molar-refractivity contribution in [2.24, 2.45) is 5.41 Å². The molecule has 2 aliphatic rings. The van der Waals surface area contributed by atoms with Crippen molar-refractivity contribution in [3.63, 3.8) is 0 Å². The molecule has 2 heterocycles. The number of nitrogens with zero attached hydrogens (tertiary/aromatic N) is 1. The Bertz CT molecular complexity index is 581. The summed E-state index contributed by atoms with van der Waals surface area (Å²) in [7, 11) is 0. The number of amides is 2. The van der Waals surface area contributed by atoms with Crippen LogP contribution in [-0.2, 0) is 16.1 Å². The normalized spacial score (nSPS) is 21.1. The lowest BCUT2D eigenvalue weighted by molar-refractivity contribution is -0.133. The molecule has 2 amide bonds. The van der Waals surface area contributed by atoms with Gasteiger partial charge in [0.15, 0.2) is 0 Å². The zero-order valence-corrected chi connectivity index (χ0v) is 15.9. The molecule has 2 N–H and O–H groups in total. The SMILES string of the molecule is CCNC(=O)CCCC(=O)N(Cc1ccsc1)C1CC12CCNCC2. The fourth-order valence-electron chi connectivity index (χ4n) is 4.01. The van der Waals surface area contributed by atoms with Crippen LogP contribution in [0, 0.1) is 5.41 Å². The molecule has 5 nitrogen and oxygen atoms in total. The lowest BCUT2D eigenvalue weighted by Crippen LogP contribution is -2.39. The number of carbonyl (C=O) groups is 2. The van der Waals surface area contributed by atoms with Crippen molar-refractivity contribution >= 4 is 23.2 Å². The Hall–Kier alpha value is -1.40. The van der Waals surface area contributed by atoms with E-state index in [9.17, 15) is 9.59 Å². The Morgan fingerprint density at radius 3 is 2.84 bits per heavy atom. The summed E-state index contributed by atoms with van der Waals surface area (Å²) in [4.78, 5) is 26.6. The first-order valence-corrected chi connectivity index (χ1v) is 10.4. The number of rotatable bonds is 8. The summed E-state index contributed by atoms with van der Waals surface area (Å²) < 4.78 is 0. The molecule has 1 atom stereocenters. The molecule has 3 rings (SSSR count). The van der Waals surface area contributed by atoms with Gasteiger partial charge >= 0.3 is 0 Å². The van der Waals surface area contributed by atoms with Gasteiger partial charge < -0.3 is 15.5 Å². The molecule has 1 unspecified atom stereocenters. The van der Waals surface area contributed by atoms with Gasteiger partial charge in [0.05, 0.1) is 0 Å². The van der Waals surface area contributed by atoms with E-state index in [1.54, 1.807) is 11.3 Å². The molecular weight excluding hydrogens is 334 g/mol. The highest BCUT2D eigenvalue weighted by Crippen LogP contribution is 2.56. The molecule has 6 heteroatoms. The van der Waals surface area contributed by atoms with Crippen molar-refractivity contribution in [3.8, 4) is 0 Å². The first-order valence-electron chi connectivity index (χ1n) is 9.42. The summed E-state index contributed by atoms with van der Waals surface area (Å²) in [5.74, 6) is 0.247. The van der Waals surface area contributed by atoms with Crippen LogP contribution >= 0.6 is 11.3 Å². The zero-order chi connectivity index (χ0) is 17.7. The van der Waals surface area contributed by atoms with Gasteiger partial charge in [-0.25, -0.2) is 0 Å². The third-order valence-corrected chi connectivity index (χ3v) is 6.28. The van der Waals surface area contributed by atoms with Crippen LogP contribution in [0.15, 0.2) is 16.8 Å². The molecule has 1 aromatic rings. The fraction of sp³-hybridized carbons (Fsp3) is 0.684. The topological polar surface area (TPSA) is 61.4 Å². The summed E-state index contributed by atoms with van der Waals surface area (Å²) in [5, 5.41) is 10.4. The van der Waals surface area contributed by atoms with Crippen molar-refractivity contribution < 1.29 is 9.59 Å². The van der Waals surface area contributed by atoms with Crippen LogP contribution in [0.25, 0.3) is 0 Å². The van der Waals surface area contributed by atoms with E-state index in [0.29, 0.717) is 43.8 Å². The highest BCUT2D eigenvalue weighted by molar-refractivity contribution is 7.07. The summed E-state index contributed by atoms with van der Waals surface area (Å²) >= 11 is 1.68. The van der Waals surface area contributed by atoms with E-state index in [2.05, 4.69) is 32.4 Å². The molecule has 1 saturated carbocycles. The Morgan fingerprint density at radius 2 is 2.16 bits per heavy atom. The largest absolute Gasteiger partial charge is 0.356 e. The van der Waals surface area contributed by atoms with E-state index in [1.807, 2.05) is 6.92 Å². The predicted molar refractivity (Wildman–Crippen MR) is 100 cm³/mol. The fourth-order valence-corrected chi connectivity index (χ4v) is 4.67. The van der Waals surface area contributed by atoms with Crippen molar-refractivity contribution in [1.82, 2.24) is 15.5 Å². The Labute approximate surface area is 154 Å². The first-order chi connectivity index (χ1) is 12.1. The van der Waals surface area contributed by atoms with Crippen molar-refractivity contribution in [2.75, 3.05) is 19.6 Å². The summed E-state index contributed by atoms with van der Waals surface area (Å²) in [6.07, 6.45) is 5.01. The van der Waals surface area contributed by atoms with Crippen molar-refractivity contribution in [1.29, 1.82) is 0 Å². The van der Waals surface area contributed by atoms with Gasteiger partial charge in [0.2, 0.25) is 11.8 Å². The van der Waals surface area contributed by atoms with E-state index in [-0.39, 0.29) is 11.8 Å². The molecule has 25 heavy (non-hydrogen) atoms. The second-order valence-corrected chi connectivity index (χ2v) is 8.07. The maximum absolute atomic E-state index is 12.9. The molecule has 1 spiro atoms. The van der Waals surface area contributed by atoms with Crippen LogP contribution in [0.2, 0.25) is 0 Å². The van der Waals surface area contributed by atoms with Gasteiger partial charge in [-0.15, -0.1) is 0 Å². The minimum absolute atomic E-state index is 0.0425. The second-order valence-electron chi connectivity index (χ2n) is 7.29. The minimum atomic E-state index is 0.0425. The molecule has 0 radical (unpaired) electrons. The Morgan fingerprint density at radius 1 is 1.36 bits per heavy atom. The van der Waals surface area contributed by atoms with Gasteiger partial charge in [-0.05, 0) is 73.5 Å². The lowest BCUT2D eigenvalue weighted by atomic mass is 9.93. The number of nitrogens with one attached hydrogen (secondary N) is 2. The van der Waals surface area contributed by atoms with Crippen LogP contribution in [0.4, 0.5) is 0 Å². The van der Waals surface area contributed by atoms with Gasteiger partial charge in [-0.3, -0.25) is 9.59 Å². The maximum atomic E-state index is 12.9. The number of hydrogen-bond acceptors (Lipinski definition) is 4. The van der Waals surface area contributed by atoms with Crippen LogP contribution in [-0.4, -0.2) is 42.4 Å². The van der Waals surface area contributed by atoms with E-state index in [1.165, 1.54) is 18.4 Å². The number of piperidine rings is 1. The Balaban J connectivity index is 1.58. The highest BCUT2D eigenvalue weighted by atomic mass is 32.1. The highest BCUT2D eigenvalue weighted by Gasteiger charge is 2.57. The summed E-state index contributed by atoms with van der Waals surface area (Å²) in [6, 6.07) is 2.49.